The van der Waals surface area contributed by atoms with Gasteiger partial charge in [0.15, 0.2) is 0 Å². The molecule has 0 bridgehead atoms. The van der Waals surface area contributed by atoms with Gasteiger partial charge in [-0.15, -0.1) is 11.3 Å². The lowest BCUT2D eigenvalue weighted by molar-refractivity contribution is 0.414. The quantitative estimate of drug-likeness (QED) is 0.507. The second-order valence-corrected chi connectivity index (χ2v) is 7.18. The molecule has 4 nitrogen and oxygen atoms in total. The molecule has 0 unspecified atom stereocenters. The molecule has 0 fully saturated rings. The number of hydrogen-bond acceptors (Lipinski definition) is 4. The van der Waals surface area contributed by atoms with Crippen LogP contribution in [0.4, 0.5) is 0 Å². The Bertz CT molecular complexity index is 1130. The van der Waals surface area contributed by atoms with Gasteiger partial charge in [0.1, 0.15) is 10.4 Å². The minimum Gasteiger partial charge on any atom is -0.497 e. The number of thiophene rings is 1. The van der Waals surface area contributed by atoms with Gasteiger partial charge in [-0.25, -0.2) is 4.98 Å². The summed E-state index contributed by atoms with van der Waals surface area (Å²) in [6.07, 6.45) is 1.61. The van der Waals surface area contributed by atoms with Gasteiger partial charge in [-0.2, -0.15) is 0 Å². The molecule has 4 aromatic rings. The molecule has 26 heavy (non-hydrogen) atoms. The van der Waals surface area contributed by atoms with E-state index in [0.29, 0.717) is 16.3 Å². The number of fused-ring (bicyclic) bond motifs is 1. The number of methoxy groups -OCH3 is 1. The molecule has 4 rings (SSSR count). The first kappa shape index (κ1) is 16.8. The number of benzene rings is 2. The summed E-state index contributed by atoms with van der Waals surface area (Å²) in [6, 6.07) is 15.2. The summed E-state index contributed by atoms with van der Waals surface area (Å²) in [5.74, 6) is 0.769. The fourth-order valence-electron chi connectivity index (χ4n) is 2.86. The standard InChI is InChI=1S/C20H15ClN2O2S/c1-25-16-4-2-3-13(9-16)10-23-12-22-18-17(11-26-19(18)20(23)24)14-5-7-15(21)8-6-14/h2-9,11-12H,10H2,1H3. The molecule has 0 spiro atoms. The third kappa shape index (κ3) is 3.11. The highest BCUT2D eigenvalue weighted by Gasteiger charge is 2.13. The van der Waals surface area contributed by atoms with Crippen LogP contribution in [-0.4, -0.2) is 16.7 Å². The van der Waals surface area contributed by atoms with E-state index in [1.54, 1.807) is 18.0 Å². The van der Waals surface area contributed by atoms with Crippen molar-refractivity contribution in [2.24, 2.45) is 0 Å². The highest BCUT2D eigenvalue weighted by molar-refractivity contribution is 7.17. The zero-order valence-corrected chi connectivity index (χ0v) is 15.6. The molecule has 0 saturated heterocycles. The van der Waals surface area contributed by atoms with Crippen molar-refractivity contribution in [3.63, 3.8) is 0 Å². The van der Waals surface area contributed by atoms with Crippen molar-refractivity contribution >= 4 is 33.2 Å². The van der Waals surface area contributed by atoms with Gasteiger partial charge in [-0.1, -0.05) is 35.9 Å². The normalized spacial score (nSPS) is 11.0. The van der Waals surface area contributed by atoms with E-state index in [4.69, 9.17) is 16.3 Å². The maximum Gasteiger partial charge on any atom is 0.271 e. The van der Waals surface area contributed by atoms with E-state index in [1.807, 2.05) is 53.9 Å². The minimum absolute atomic E-state index is 0.0389. The van der Waals surface area contributed by atoms with Crippen LogP contribution >= 0.6 is 22.9 Å². The summed E-state index contributed by atoms with van der Waals surface area (Å²) in [6.45, 7) is 0.452. The lowest BCUT2D eigenvalue weighted by atomic mass is 10.1. The maximum atomic E-state index is 12.9. The summed E-state index contributed by atoms with van der Waals surface area (Å²) in [5, 5.41) is 2.65. The lowest BCUT2D eigenvalue weighted by Gasteiger charge is -2.07. The molecule has 0 N–H and O–H groups in total. The summed E-state index contributed by atoms with van der Waals surface area (Å²) >= 11 is 7.38. The average molecular weight is 383 g/mol. The highest BCUT2D eigenvalue weighted by Crippen LogP contribution is 2.31. The van der Waals surface area contributed by atoms with Gasteiger partial charge in [0.05, 0.1) is 25.5 Å². The molecule has 130 valence electrons. The van der Waals surface area contributed by atoms with Crippen molar-refractivity contribution < 1.29 is 4.74 Å². The molecule has 0 saturated carbocycles. The first-order valence-corrected chi connectivity index (χ1v) is 9.27. The van der Waals surface area contributed by atoms with Crippen molar-refractivity contribution in [3.05, 3.63) is 81.2 Å². The fraction of sp³-hybridized carbons (Fsp3) is 0.100. The molecule has 2 aromatic heterocycles. The summed E-state index contributed by atoms with van der Waals surface area (Å²) in [5.41, 5.74) is 3.62. The van der Waals surface area contributed by atoms with Gasteiger partial charge < -0.3 is 4.74 Å². The van der Waals surface area contributed by atoms with E-state index >= 15 is 0 Å². The molecule has 2 heterocycles. The fourth-order valence-corrected chi connectivity index (χ4v) is 3.96. The van der Waals surface area contributed by atoms with E-state index in [-0.39, 0.29) is 5.56 Å². The largest absolute Gasteiger partial charge is 0.497 e. The van der Waals surface area contributed by atoms with Crippen LogP contribution in [0.3, 0.4) is 0 Å². The van der Waals surface area contributed by atoms with Gasteiger partial charge in [0.25, 0.3) is 5.56 Å². The zero-order chi connectivity index (χ0) is 18.1. The molecule has 0 aliphatic heterocycles. The third-order valence-electron chi connectivity index (χ3n) is 4.19. The van der Waals surface area contributed by atoms with E-state index in [9.17, 15) is 4.79 Å². The number of hydrogen-bond donors (Lipinski definition) is 0. The molecular formula is C20H15ClN2O2S. The van der Waals surface area contributed by atoms with Crippen LogP contribution in [0, 0.1) is 0 Å². The first-order chi connectivity index (χ1) is 12.7. The van der Waals surface area contributed by atoms with E-state index in [2.05, 4.69) is 4.98 Å². The molecule has 0 amide bonds. The van der Waals surface area contributed by atoms with Gasteiger partial charge in [-0.3, -0.25) is 9.36 Å². The van der Waals surface area contributed by atoms with Crippen molar-refractivity contribution in [1.29, 1.82) is 0 Å². The van der Waals surface area contributed by atoms with E-state index in [0.717, 1.165) is 28.0 Å². The summed E-state index contributed by atoms with van der Waals surface area (Å²) < 4.78 is 7.52. The van der Waals surface area contributed by atoms with Crippen LogP contribution in [0.25, 0.3) is 21.3 Å². The van der Waals surface area contributed by atoms with Gasteiger partial charge in [-0.05, 0) is 35.4 Å². The molecule has 2 aromatic carbocycles. The predicted octanol–water partition coefficient (Wildman–Crippen LogP) is 4.84. The van der Waals surface area contributed by atoms with Crippen molar-refractivity contribution in [1.82, 2.24) is 9.55 Å². The number of rotatable bonds is 4. The Balaban J connectivity index is 1.74. The Kier molecular flexibility index (Phi) is 4.49. The lowest BCUT2D eigenvalue weighted by Crippen LogP contribution is -2.20. The van der Waals surface area contributed by atoms with Crippen LogP contribution in [0.15, 0.2) is 65.0 Å². The zero-order valence-electron chi connectivity index (χ0n) is 14.0. The Labute approximate surface area is 159 Å². The average Bonchev–Trinajstić information content (AvgIpc) is 3.10. The second kappa shape index (κ2) is 6.94. The molecule has 0 aliphatic carbocycles. The minimum atomic E-state index is -0.0389. The predicted molar refractivity (Wildman–Crippen MR) is 106 cm³/mol. The molecule has 6 heteroatoms. The molecule has 0 radical (unpaired) electrons. The second-order valence-electron chi connectivity index (χ2n) is 5.86. The number of aromatic nitrogens is 2. The van der Waals surface area contributed by atoms with E-state index in [1.165, 1.54) is 11.3 Å². The Morgan fingerprint density at radius 1 is 1.19 bits per heavy atom. The SMILES string of the molecule is COc1cccc(Cn2cnc3c(-c4ccc(Cl)cc4)csc3c2=O)c1. The van der Waals surface area contributed by atoms with Crippen molar-refractivity contribution in [3.8, 4) is 16.9 Å². The molecule has 0 aliphatic rings. The van der Waals surface area contributed by atoms with E-state index < -0.39 is 0 Å². The third-order valence-corrected chi connectivity index (χ3v) is 5.40. The maximum absolute atomic E-state index is 12.9. The van der Waals surface area contributed by atoms with Crippen LogP contribution in [0.1, 0.15) is 5.56 Å². The number of halogens is 1. The van der Waals surface area contributed by atoms with Gasteiger partial charge in [0.2, 0.25) is 0 Å². The van der Waals surface area contributed by atoms with Gasteiger partial charge in [0, 0.05) is 16.0 Å². The summed E-state index contributed by atoms with van der Waals surface area (Å²) in [7, 11) is 1.63. The topological polar surface area (TPSA) is 44.1 Å². The summed E-state index contributed by atoms with van der Waals surface area (Å²) in [4.78, 5) is 17.4. The smallest absolute Gasteiger partial charge is 0.271 e. The van der Waals surface area contributed by atoms with Crippen LogP contribution in [-0.2, 0) is 6.54 Å². The Hall–Kier alpha value is -2.63. The van der Waals surface area contributed by atoms with Crippen LogP contribution in [0.5, 0.6) is 5.75 Å². The number of ether oxygens (including phenoxy) is 1. The molecule has 0 atom stereocenters. The first-order valence-electron chi connectivity index (χ1n) is 8.01. The molecular weight excluding hydrogens is 368 g/mol. The highest BCUT2D eigenvalue weighted by atomic mass is 35.5. The van der Waals surface area contributed by atoms with Crippen molar-refractivity contribution in [2.45, 2.75) is 6.54 Å². The number of nitrogens with zero attached hydrogens (tertiary/aromatic N) is 2. The van der Waals surface area contributed by atoms with Crippen LogP contribution in [0.2, 0.25) is 5.02 Å². The van der Waals surface area contributed by atoms with Crippen molar-refractivity contribution in [2.75, 3.05) is 7.11 Å². The van der Waals surface area contributed by atoms with Crippen LogP contribution < -0.4 is 10.3 Å². The monoisotopic (exact) mass is 382 g/mol. The van der Waals surface area contributed by atoms with Gasteiger partial charge >= 0.3 is 0 Å². The Morgan fingerprint density at radius 3 is 2.77 bits per heavy atom. The Morgan fingerprint density at radius 2 is 2.00 bits per heavy atom.